The SMILES string of the molecule is CC(C)Cn1cnnc1CNC(C)C. The highest BCUT2D eigenvalue weighted by Gasteiger charge is 2.05. The van der Waals surface area contributed by atoms with E-state index in [1.54, 1.807) is 6.33 Å². The molecule has 4 heteroatoms. The van der Waals surface area contributed by atoms with Crippen LogP contribution < -0.4 is 5.32 Å². The predicted octanol–water partition coefficient (Wildman–Crippen LogP) is 1.43. The number of nitrogens with zero attached hydrogens (tertiary/aromatic N) is 3. The fourth-order valence-electron chi connectivity index (χ4n) is 1.26. The van der Waals surface area contributed by atoms with Crippen LogP contribution in [0.4, 0.5) is 0 Å². The molecule has 0 unspecified atom stereocenters. The molecule has 14 heavy (non-hydrogen) atoms. The summed E-state index contributed by atoms with van der Waals surface area (Å²) >= 11 is 0. The van der Waals surface area contributed by atoms with Gasteiger partial charge in [0.1, 0.15) is 12.2 Å². The molecule has 0 aliphatic rings. The van der Waals surface area contributed by atoms with Gasteiger partial charge >= 0.3 is 0 Å². The van der Waals surface area contributed by atoms with Gasteiger partial charge in [0.15, 0.2) is 0 Å². The van der Waals surface area contributed by atoms with Gasteiger partial charge in [0.05, 0.1) is 6.54 Å². The van der Waals surface area contributed by atoms with Crippen molar-refractivity contribution in [3.05, 3.63) is 12.2 Å². The van der Waals surface area contributed by atoms with Gasteiger partial charge in [0.2, 0.25) is 0 Å². The molecule has 1 N–H and O–H groups in total. The minimum absolute atomic E-state index is 0.485. The van der Waals surface area contributed by atoms with Crippen molar-refractivity contribution in [2.24, 2.45) is 5.92 Å². The Morgan fingerprint density at radius 1 is 1.36 bits per heavy atom. The molecule has 0 bridgehead atoms. The van der Waals surface area contributed by atoms with Crippen LogP contribution in [-0.2, 0) is 13.1 Å². The summed E-state index contributed by atoms with van der Waals surface area (Å²) in [6.07, 6.45) is 1.80. The highest BCUT2D eigenvalue weighted by atomic mass is 15.3. The molecular formula is C10H20N4. The van der Waals surface area contributed by atoms with Crippen LogP contribution in [0.1, 0.15) is 33.5 Å². The highest BCUT2D eigenvalue weighted by Crippen LogP contribution is 2.01. The van der Waals surface area contributed by atoms with E-state index in [1.165, 1.54) is 0 Å². The smallest absolute Gasteiger partial charge is 0.146 e. The number of hydrogen-bond donors (Lipinski definition) is 1. The molecule has 80 valence electrons. The summed E-state index contributed by atoms with van der Waals surface area (Å²) in [4.78, 5) is 0. The molecule has 0 aromatic carbocycles. The third kappa shape index (κ3) is 3.46. The van der Waals surface area contributed by atoms with Crippen LogP contribution in [0, 0.1) is 5.92 Å². The van der Waals surface area contributed by atoms with Crippen molar-refractivity contribution in [3.8, 4) is 0 Å². The molecule has 0 radical (unpaired) electrons. The van der Waals surface area contributed by atoms with Crippen LogP contribution in [0.3, 0.4) is 0 Å². The summed E-state index contributed by atoms with van der Waals surface area (Å²) in [6.45, 7) is 10.4. The van der Waals surface area contributed by atoms with E-state index >= 15 is 0 Å². The Morgan fingerprint density at radius 3 is 2.64 bits per heavy atom. The summed E-state index contributed by atoms with van der Waals surface area (Å²) in [5.74, 6) is 1.65. The van der Waals surface area contributed by atoms with E-state index in [0.29, 0.717) is 12.0 Å². The summed E-state index contributed by atoms with van der Waals surface area (Å²) in [5.41, 5.74) is 0. The number of nitrogens with one attached hydrogen (secondary N) is 1. The van der Waals surface area contributed by atoms with Gasteiger partial charge in [-0.3, -0.25) is 0 Å². The van der Waals surface area contributed by atoms with Crippen molar-refractivity contribution in [1.82, 2.24) is 20.1 Å². The molecule has 0 fully saturated rings. The van der Waals surface area contributed by atoms with Gasteiger partial charge in [-0.1, -0.05) is 27.7 Å². The maximum absolute atomic E-state index is 4.09. The minimum Gasteiger partial charge on any atom is -0.316 e. The van der Waals surface area contributed by atoms with Crippen LogP contribution in [0.15, 0.2) is 6.33 Å². The fourth-order valence-corrected chi connectivity index (χ4v) is 1.26. The monoisotopic (exact) mass is 196 g/mol. The molecule has 0 saturated heterocycles. The zero-order chi connectivity index (χ0) is 10.6. The summed E-state index contributed by atoms with van der Waals surface area (Å²) < 4.78 is 2.11. The van der Waals surface area contributed by atoms with Crippen molar-refractivity contribution in [2.45, 2.75) is 46.8 Å². The number of aromatic nitrogens is 3. The van der Waals surface area contributed by atoms with E-state index in [9.17, 15) is 0 Å². The molecule has 0 spiro atoms. The first-order valence-corrected chi connectivity index (χ1v) is 5.19. The molecule has 0 saturated carbocycles. The largest absolute Gasteiger partial charge is 0.316 e. The standard InChI is InChI=1S/C10H20N4/c1-8(2)6-14-7-12-13-10(14)5-11-9(3)4/h7-9,11H,5-6H2,1-4H3. The lowest BCUT2D eigenvalue weighted by Gasteiger charge is -2.11. The normalized spacial score (nSPS) is 11.6. The first-order chi connectivity index (χ1) is 6.59. The number of rotatable bonds is 5. The first kappa shape index (κ1) is 11.2. The summed E-state index contributed by atoms with van der Waals surface area (Å²) in [6, 6.07) is 0.485. The molecule has 0 aliphatic carbocycles. The molecule has 1 aromatic rings. The number of hydrogen-bond acceptors (Lipinski definition) is 3. The first-order valence-electron chi connectivity index (χ1n) is 5.19. The van der Waals surface area contributed by atoms with Gasteiger partial charge in [-0.05, 0) is 5.92 Å². The van der Waals surface area contributed by atoms with Crippen LogP contribution in [0.2, 0.25) is 0 Å². The summed E-state index contributed by atoms with van der Waals surface area (Å²) in [5, 5.41) is 11.4. The molecule has 1 aromatic heterocycles. The average Bonchev–Trinajstić information content (AvgIpc) is 2.47. The molecule has 1 rings (SSSR count). The third-order valence-electron chi connectivity index (χ3n) is 1.93. The van der Waals surface area contributed by atoms with Crippen molar-refractivity contribution in [3.63, 3.8) is 0 Å². The van der Waals surface area contributed by atoms with Crippen LogP contribution in [0.25, 0.3) is 0 Å². The highest BCUT2D eigenvalue weighted by molar-refractivity contribution is 4.85. The Hall–Kier alpha value is -0.900. The van der Waals surface area contributed by atoms with E-state index in [0.717, 1.165) is 18.9 Å². The van der Waals surface area contributed by atoms with Crippen LogP contribution >= 0.6 is 0 Å². The maximum Gasteiger partial charge on any atom is 0.146 e. The van der Waals surface area contributed by atoms with E-state index < -0.39 is 0 Å². The van der Waals surface area contributed by atoms with E-state index in [-0.39, 0.29) is 0 Å². The van der Waals surface area contributed by atoms with E-state index in [4.69, 9.17) is 0 Å². The Kier molecular flexibility index (Phi) is 4.07. The van der Waals surface area contributed by atoms with E-state index in [1.807, 2.05) is 0 Å². The second-order valence-electron chi connectivity index (χ2n) is 4.33. The minimum atomic E-state index is 0.485. The van der Waals surface area contributed by atoms with Gasteiger partial charge in [-0.2, -0.15) is 0 Å². The zero-order valence-corrected chi connectivity index (χ0v) is 9.49. The molecule has 4 nitrogen and oxygen atoms in total. The van der Waals surface area contributed by atoms with Crippen molar-refractivity contribution >= 4 is 0 Å². The van der Waals surface area contributed by atoms with Gasteiger partial charge in [0.25, 0.3) is 0 Å². The van der Waals surface area contributed by atoms with Gasteiger partial charge < -0.3 is 9.88 Å². The lowest BCUT2D eigenvalue weighted by Crippen LogP contribution is -2.24. The van der Waals surface area contributed by atoms with Crippen molar-refractivity contribution in [1.29, 1.82) is 0 Å². The molecular weight excluding hydrogens is 176 g/mol. The Morgan fingerprint density at radius 2 is 2.07 bits per heavy atom. The van der Waals surface area contributed by atoms with Gasteiger partial charge in [-0.25, -0.2) is 0 Å². The fraction of sp³-hybridized carbons (Fsp3) is 0.800. The lowest BCUT2D eigenvalue weighted by molar-refractivity contribution is 0.485. The van der Waals surface area contributed by atoms with Gasteiger partial charge in [-0.15, -0.1) is 10.2 Å². The summed E-state index contributed by atoms with van der Waals surface area (Å²) in [7, 11) is 0. The topological polar surface area (TPSA) is 42.7 Å². The Labute approximate surface area is 85.7 Å². The van der Waals surface area contributed by atoms with E-state index in [2.05, 4.69) is 47.8 Å². The van der Waals surface area contributed by atoms with Crippen molar-refractivity contribution in [2.75, 3.05) is 0 Å². The quantitative estimate of drug-likeness (QED) is 0.774. The van der Waals surface area contributed by atoms with Crippen LogP contribution in [0.5, 0.6) is 0 Å². The maximum atomic E-state index is 4.09. The second-order valence-corrected chi connectivity index (χ2v) is 4.33. The van der Waals surface area contributed by atoms with Crippen molar-refractivity contribution < 1.29 is 0 Å². The second kappa shape index (κ2) is 5.10. The Balaban J connectivity index is 2.53. The average molecular weight is 196 g/mol. The Bertz CT molecular complexity index is 265. The molecule has 0 aliphatic heterocycles. The van der Waals surface area contributed by atoms with Gasteiger partial charge in [0, 0.05) is 12.6 Å². The molecule has 0 amide bonds. The van der Waals surface area contributed by atoms with Crippen LogP contribution in [-0.4, -0.2) is 20.8 Å². The molecule has 1 heterocycles. The predicted molar refractivity (Wildman–Crippen MR) is 56.8 cm³/mol. The molecule has 0 atom stereocenters. The lowest BCUT2D eigenvalue weighted by atomic mass is 10.2. The third-order valence-corrected chi connectivity index (χ3v) is 1.93. The zero-order valence-electron chi connectivity index (χ0n) is 9.49.